The van der Waals surface area contributed by atoms with Crippen LogP contribution in [0.5, 0.6) is 0 Å². The van der Waals surface area contributed by atoms with Gasteiger partial charge < -0.3 is 25.2 Å². The first-order chi connectivity index (χ1) is 21.6. The summed E-state index contributed by atoms with van der Waals surface area (Å²) < 4.78 is 10.0. The van der Waals surface area contributed by atoms with Gasteiger partial charge in [-0.2, -0.15) is 0 Å². The van der Waals surface area contributed by atoms with Crippen LogP contribution in [0, 0.1) is 11.8 Å². The number of aliphatic hydroxyl groups is 1. The summed E-state index contributed by atoms with van der Waals surface area (Å²) in [5, 5.41) is 15.5. The Morgan fingerprint density at radius 1 is 1.11 bits per heavy atom. The van der Waals surface area contributed by atoms with Gasteiger partial charge in [0.2, 0.25) is 0 Å². The van der Waals surface area contributed by atoms with Gasteiger partial charge in [-0.25, -0.2) is 4.98 Å². The van der Waals surface area contributed by atoms with Crippen LogP contribution in [-0.4, -0.2) is 60.9 Å². The molecule has 1 amide bonds. The van der Waals surface area contributed by atoms with Gasteiger partial charge in [0.05, 0.1) is 38.5 Å². The minimum Gasteiger partial charge on any atom is -0.501 e. The van der Waals surface area contributed by atoms with Gasteiger partial charge in [0.15, 0.2) is 0 Å². The van der Waals surface area contributed by atoms with E-state index < -0.39 is 12.0 Å². The summed E-state index contributed by atoms with van der Waals surface area (Å²) in [5.74, 6) is 2.70. The first kappa shape index (κ1) is 41.8. The van der Waals surface area contributed by atoms with Crippen molar-refractivity contribution in [3.8, 4) is 0 Å². The number of nitrogens with one attached hydrogen (secondary N) is 2. The number of carbonyl (C=O) groups excluding carboxylic acids is 1. The molecule has 1 aromatic heterocycles. The minimum atomic E-state index is -0.644. The molecule has 0 bridgehead atoms. The number of aromatic nitrogens is 2. The van der Waals surface area contributed by atoms with Gasteiger partial charge in [-0.1, -0.05) is 63.6 Å². The van der Waals surface area contributed by atoms with E-state index in [1.807, 2.05) is 19.1 Å². The average molecular weight is 645 g/mol. The standard InChI is InChI=1S/C13H18.C12H19ClN4O2.C9H16O2.C2H4/c1-11-8-9-12-6-4-2-3-5-7-13(12)10-11;1-8(2)3-14-4-9(18)5-16-12(19)10-6-15-7-11(13)17-10;1-5-6-9(11-4)7-8(2)10-3;1-2/h4-7,11H,2-3,8-10H2,1H3;6-9,14,18H,3-5H2,1-2H3,(H,16,19);6-7H,5H2,1-4H3;1-2H2/b6-4-,7-5-;;8-7+,9-6+;. The van der Waals surface area contributed by atoms with E-state index in [-0.39, 0.29) is 17.4 Å². The van der Waals surface area contributed by atoms with Crippen LogP contribution < -0.4 is 10.6 Å². The molecule has 2 aliphatic carbocycles. The van der Waals surface area contributed by atoms with Crippen molar-refractivity contribution >= 4 is 17.5 Å². The fourth-order valence-electron chi connectivity index (χ4n) is 4.21. The number of halogens is 1. The van der Waals surface area contributed by atoms with Crippen LogP contribution >= 0.6 is 11.6 Å². The second-order valence-electron chi connectivity index (χ2n) is 11.1. The van der Waals surface area contributed by atoms with E-state index in [9.17, 15) is 9.90 Å². The Morgan fingerprint density at radius 2 is 1.78 bits per heavy atom. The third-order valence-corrected chi connectivity index (χ3v) is 6.78. The number of carbonyl (C=O) groups is 1. The van der Waals surface area contributed by atoms with Crippen LogP contribution in [0.4, 0.5) is 0 Å². The topological polar surface area (TPSA) is 106 Å². The maximum absolute atomic E-state index is 11.7. The van der Waals surface area contributed by atoms with Crippen LogP contribution in [0.1, 0.15) is 83.6 Å². The quantitative estimate of drug-likeness (QED) is 0.128. The molecule has 2 unspecified atom stereocenters. The Bertz CT molecular complexity index is 1130. The van der Waals surface area contributed by atoms with E-state index in [1.54, 1.807) is 25.4 Å². The summed E-state index contributed by atoms with van der Waals surface area (Å²) in [6.45, 7) is 17.9. The lowest BCUT2D eigenvalue weighted by Gasteiger charge is -2.22. The first-order valence-electron chi connectivity index (χ1n) is 15.7. The molecule has 0 aliphatic heterocycles. The van der Waals surface area contributed by atoms with Crippen molar-refractivity contribution < 1.29 is 19.4 Å². The second kappa shape index (κ2) is 26.1. The molecule has 1 aromatic rings. The molecule has 0 fully saturated rings. The third kappa shape index (κ3) is 20.5. The van der Waals surface area contributed by atoms with Crippen LogP contribution in [-0.2, 0) is 9.47 Å². The summed E-state index contributed by atoms with van der Waals surface area (Å²) in [4.78, 5) is 19.3. The van der Waals surface area contributed by atoms with Crippen molar-refractivity contribution in [2.24, 2.45) is 11.8 Å². The van der Waals surface area contributed by atoms with Crippen molar-refractivity contribution in [2.45, 2.75) is 79.2 Å². The number of nitrogens with zero attached hydrogens (tertiary/aromatic N) is 2. The normalized spacial score (nSPS) is 18.1. The Morgan fingerprint density at radius 3 is 2.36 bits per heavy atom. The molecule has 8 nitrogen and oxygen atoms in total. The highest BCUT2D eigenvalue weighted by molar-refractivity contribution is 6.29. The molecule has 0 saturated heterocycles. The summed E-state index contributed by atoms with van der Waals surface area (Å²) in [6, 6.07) is 0. The highest BCUT2D eigenvalue weighted by Gasteiger charge is 2.15. The van der Waals surface area contributed by atoms with Crippen molar-refractivity contribution in [3.63, 3.8) is 0 Å². The Hall–Kier alpha value is -3.20. The lowest BCUT2D eigenvalue weighted by atomic mass is 9.84. The van der Waals surface area contributed by atoms with Gasteiger partial charge in [0.25, 0.3) is 5.91 Å². The second-order valence-corrected chi connectivity index (χ2v) is 11.5. The van der Waals surface area contributed by atoms with Gasteiger partial charge in [0.1, 0.15) is 16.6 Å². The van der Waals surface area contributed by atoms with Gasteiger partial charge in [0, 0.05) is 19.2 Å². The number of ether oxygens (including phenoxy) is 2. The van der Waals surface area contributed by atoms with E-state index in [0.717, 1.165) is 30.4 Å². The molecule has 2 atom stereocenters. The number of methoxy groups -OCH3 is 2. The molecule has 2 aliphatic rings. The lowest BCUT2D eigenvalue weighted by Crippen LogP contribution is -2.39. The van der Waals surface area contributed by atoms with E-state index in [4.69, 9.17) is 21.1 Å². The molecular weight excluding hydrogens is 588 g/mol. The summed E-state index contributed by atoms with van der Waals surface area (Å²) >= 11 is 5.64. The smallest absolute Gasteiger partial charge is 0.271 e. The molecule has 3 N–H and O–H groups in total. The molecule has 252 valence electrons. The van der Waals surface area contributed by atoms with Gasteiger partial charge in [-0.3, -0.25) is 9.78 Å². The number of allylic oxidation sites excluding steroid dienone is 9. The molecule has 1 heterocycles. The number of hydrogen-bond donors (Lipinski definition) is 3. The fraction of sp³-hybridized carbons (Fsp3) is 0.528. The molecule has 0 saturated carbocycles. The van der Waals surface area contributed by atoms with Crippen LogP contribution in [0.3, 0.4) is 0 Å². The summed E-state index contributed by atoms with van der Waals surface area (Å²) in [6.07, 6.45) is 22.6. The van der Waals surface area contributed by atoms with Crippen molar-refractivity contribution in [1.82, 2.24) is 20.6 Å². The number of amides is 1. The lowest BCUT2D eigenvalue weighted by molar-refractivity contribution is 0.0909. The number of aliphatic hydroxyl groups excluding tert-OH is 1. The molecule has 9 heteroatoms. The first-order valence-corrected chi connectivity index (χ1v) is 16.1. The maximum atomic E-state index is 11.7. The van der Waals surface area contributed by atoms with Crippen molar-refractivity contribution in [3.05, 3.63) is 95.5 Å². The van der Waals surface area contributed by atoms with Crippen molar-refractivity contribution in [1.29, 1.82) is 0 Å². The van der Waals surface area contributed by atoms with Crippen LogP contribution in [0.25, 0.3) is 0 Å². The monoisotopic (exact) mass is 644 g/mol. The summed E-state index contributed by atoms with van der Waals surface area (Å²) in [5.41, 5.74) is 3.32. The maximum Gasteiger partial charge on any atom is 0.271 e. The number of hydrogen-bond acceptors (Lipinski definition) is 7. The molecular formula is C36H57ClN4O4. The Labute approximate surface area is 277 Å². The van der Waals surface area contributed by atoms with E-state index in [0.29, 0.717) is 12.5 Å². The zero-order valence-corrected chi connectivity index (χ0v) is 29.3. The van der Waals surface area contributed by atoms with Crippen molar-refractivity contribution in [2.75, 3.05) is 33.9 Å². The molecule has 3 rings (SSSR count). The highest BCUT2D eigenvalue weighted by Crippen LogP contribution is 2.31. The molecule has 45 heavy (non-hydrogen) atoms. The fourth-order valence-corrected chi connectivity index (χ4v) is 4.35. The highest BCUT2D eigenvalue weighted by atomic mass is 35.5. The van der Waals surface area contributed by atoms with E-state index in [1.165, 1.54) is 44.5 Å². The van der Waals surface area contributed by atoms with Crippen LogP contribution in [0.15, 0.2) is 84.7 Å². The summed E-state index contributed by atoms with van der Waals surface area (Å²) in [7, 11) is 3.30. The zero-order valence-electron chi connectivity index (χ0n) is 28.6. The average Bonchev–Trinajstić information content (AvgIpc) is 3.01. The predicted molar refractivity (Wildman–Crippen MR) is 188 cm³/mol. The van der Waals surface area contributed by atoms with E-state index in [2.05, 4.69) is 85.8 Å². The van der Waals surface area contributed by atoms with Gasteiger partial charge >= 0.3 is 0 Å². The SMILES string of the molecule is C=C.CC(C)CNCC(O)CNC(=O)c1cncc(Cl)n1.CC/C=C(\C=C(/C)OC)OC.CC1CCC2=C(/C=C\CC/C=C\2)C1. The zero-order chi connectivity index (χ0) is 34.0. The third-order valence-electron chi connectivity index (χ3n) is 6.60. The molecule has 0 spiro atoms. The number of rotatable bonds is 11. The Balaban J connectivity index is 0.000000654. The van der Waals surface area contributed by atoms with Gasteiger partial charge in [-0.15, -0.1) is 13.2 Å². The van der Waals surface area contributed by atoms with Gasteiger partial charge in [-0.05, 0) is 81.1 Å². The largest absolute Gasteiger partial charge is 0.501 e. The minimum absolute atomic E-state index is 0.134. The molecule has 0 radical (unpaired) electrons. The Kier molecular flexibility index (Phi) is 24.2. The molecule has 0 aromatic carbocycles. The van der Waals surface area contributed by atoms with Crippen LogP contribution in [0.2, 0.25) is 5.15 Å². The van der Waals surface area contributed by atoms with E-state index >= 15 is 0 Å². The predicted octanol–water partition coefficient (Wildman–Crippen LogP) is 7.75.